The first kappa shape index (κ1) is 30.3. The zero-order valence-corrected chi connectivity index (χ0v) is 28.9. The van der Waals surface area contributed by atoms with Crippen molar-refractivity contribution in [2.45, 2.75) is 0 Å². The van der Waals surface area contributed by atoms with E-state index in [0.29, 0.717) is 17.5 Å². The lowest BCUT2D eigenvalue weighted by atomic mass is 9.96. The monoisotopic (exact) mass is 691 g/mol. The van der Waals surface area contributed by atoms with Crippen LogP contribution in [0, 0.1) is 0 Å². The molecule has 8 aromatic carbocycles. The quantitative estimate of drug-likeness (QED) is 0.180. The summed E-state index contributed by atoms with van der Waals surface area (Å²) >= 11 is 0. The molecule has 0 spiro atoms. The second kappa shape index (κ2) is 12.1. The summed E-state index contributed by atoms with van der Waals surface area (Å²) in [5, 5.41) is 6.38. The maximum Gasteiger partial charge on any atom is 0.164 e. The molecular weight excluding hydrogens is 663 g/mol. The Bertz CT molecular complexity index is 3200. The molecule has 0 bridgehead atoms. The van der Waals surface area contributed by atoms with Crippen molar-refractivity contribution in [3.8, 4) is 56.4 Å². The second-order valence-corrected chi connectivity index (χ2v) is 13.6. The summed E-state index contributed by atoms with van der Waals surface area (Å²) in [5.41, 5.74) is 10.3. The number of aromatic nitrogens is 3. The van der Waals surface area contributed by atoms with Crippen LogP contribution < -0.4 is 0 Å². The molecule has 54 heavy (non-hydrogen) atoms. The fraction of sp³-hybridized carbons (Fsp3) is 0. The van der Waals surface area contributed by atoms with Crippen molar-refractivity contribution in [3.63, 3.8) is 0 Å². The number of furan rings is 2. The largest absolute Gasteiger partial charge is 0.456 e. The van der Waals surface area contributed by atoms with Crippen molar-refractivity contribution in [3.05, 3.63) is 176 Å². The first-order valence-corrected chi connectivity index (χ1v) is 18.0. The molecule has 0 radical (unpaired) electrons. The van der Waals surface area contributed by atoms with Crippen molar-refractivity contribution in [1.82, 2.24) is 15.0 Å². The van der Waals surface area contributed by atoms with Gasteiger partial charge in [-0.25, -0.2) is 15.0 Å². The zero-order chi connectivity index (χ0) is 35.6. The van der Waals surface area contributed by atoms with E-state index in [0.717, 1.165) is 93.6 Å². The van der Waals surface area contributed by atoms with Crippen molar-refractivity contribution in [2.75, 3.05) is 0 Å². The smallest absolute Gasteiger partial charge is 0.164 e. The van der Waals surface area contributed by atoms with E-state index in [1.54, 1.807) is 0 Å². The van der Waals surface area contributed by atoms with Crippen molar-refractivity contribution in [1.29, 1.82) is 0 Å². The van der Waals surface area contributed by atoms with Crippen LogP contribution in [0.2, 0.25) is 0 Å². The summed E-state index contributed by atoms with van der Waals surface area (Å²) in [6, 6.07) is 60.5. The molecule has 11 rings (SSSR count). The predicted octanol–water partition coefficient (Wildman–Crippen LogP) is 13.2. The third kappa shape index (κ3) is 5.06. The Balaban J connectivity index is 1.17. The Morgan fingerprint density at radius 1 is 0.296 bits per heavy atom. The van der Waals surface area contributed by atoms with Crippen LogP contribution in [0.25, 0.3) is 111 Å². The maximum atomic E-state index is 6.72. The zero-order valence-electron chi connectivity index (χ0n) is 28.9. The molecule has 252 valence electrons. The molecule has 0 aliphatic carbocycles. The van der Waals surface area contributed by atoms with Gasteiger partial charge in [0.2, 0.25) is 0 Å². The highest BCUT2D eigenvalue weighted by Gasteiger charge is 2.21. The number of hydrogen-bond donors (Lipinski definition) is 0. The van der Waals surface area contributed by atoms with Crippen molar-refractivity contribution < 1.29 is 8.83 Å². The average molecular weight is 692 g/mol. The molecule has 0 aliphatic heterocycles. The Morgan fingerprint density at radius 3 is 1.63 bits per heavy atom. The van der Waals surface area contributed by atoms with E-state index in [9.17, 15) is 0 Å². The minimum absolute atomic E-state index is 0.573. The summed E-state index contributed by atoms with van der Waals surface area (Å²) < 4.78 is 12.9. The number of para-hydroxylation sites is 1. The Kier molecular flexibility index (Phi) is 6.79. The normalized spacial score (nSPS) is 11.7. The van der Waals surface area contributed by atoms with Gasteiger partial charge >= 0.3 is 0 Å². The lowest BCUT2D eigenvalue weighted by Gasteiger charge is -2.11. The van der Waals surface area contributed by atoms with Gasteiger partial charge in [0.05, 0.1) is 0 Å². The highest BCUT2D eigenvalue weighted by Crippen LogP contribution is 2.42. The third-order valence-corrected chi connectivity index (χ3v) is 10.3. The second-order valence-electron chi connectivity index (χ2n) is 13.6. The van der Waals surface area contributed by atoms with E-state index in [2.05, 4.69) is 115 Å². The minimum atomic E-state index is 0.573. The summed E-state index contributed by atoms with van der Waals surface area (Å²) in [6.45, 7) is 0. The SMILES string of the molecule is c1ccc(-c2ccc(-c3nc(-c4ccccc4)nc(-c4cc(-c5ccc6oc7ccccc7c6c5)cc5oc6cc7ccccc7cc6c45)n3)cc2)cc1. The van der Waals surface area contributed by atoms with Crippen LogP contribution in [-0.4, -0.2) is 15.0 Å². The van der Waals surface area contributed by atoms with Gasteiger partial charge in [0, 0.05) is 38.2 Å². The average Bonchev–Trinajstić information content (AvgIpc) is 3.80. The van der Waals surface area contributed by atoms with Gasteiger partial charge in [0.1, 0.15) is 22.3 Å². The topological polar surface area (TPSA) is 65.0 Å². The summed E-state index contributed by atoms with van der Waals surface area (Å²) in [5.74, 6) is 1.77. The molecule has 3 heterocycles. The summed E-state index contributed by atoms with van der Waals surface area (Å²) in [6.07, 6.45) is 0. The molecule has 5 heteroatoms. The number of fused-ring (bicyclic) bond motifs is 7. The van der Waals surface area contributed by atoms with Crippen LogP contribution in [0.15, 0.2) is 185 Å². The van der Waals surface area contributed by atoms with Gasteiger partial charge in [-0.05, 0) is 75.5 Å². The third-order valence-electron chi connectivity index (χ3n) is 10.3. The Hall–Kier alpha value is -7.37. The first-order valence-electron chi connectivity index (χ1n) is 18.0. The van der Waals surface area contributed by atoms with Crippen LogP contribution in [0.1, 0.15) is 0 Å². The fourth-order valence-corrected chi connectivity index (χ4v) is 7.62. The molecule has 3 aromatic heterocycles. The van der Waals surface area contributed by atoms with Crippen LogP contribution in [0.3, 0.4) is 0 Å². The van der Waals surface area contributed by atoms with Gasteiger partial charge in [0.25, 0.3) is 0 Å². The predicted molar refractivity (Wildman–Crippen MR) is 219 cm³/mol. The Labute approximate surface area is 309 Å². The van der Waals surface area contributed by atoms with Crippen LogP contribution in [0.4, 0.5) is 0 Å². The first-order chi connectivity index (χ1) is 26.7. The molecule has 0 saturated carbocycles. The van der Waals surface area contributed by atoms with Gasteiger partial charge in [-0.1, -0.05) is 133 Å². The molecule has 0 atom stereocenters. The number of benzene rings is 8. The molecule has 0 N–H and O–H groups in total. The maximum absolute atomic E-state index is 6.72. The van der Waals surface area contributed by atoms with E-state index in [1.807, 2.05) is 60.7 Å². The van der Waals surface area contributed by atoms with Gasteiger partial charge in [-0.2, -0.15) is 0 Å². The van der Waals surface area contributed by atoms with Gasteiger partial charge < -0.3 is 8.83 Å². The van der Waals surface area contributed by atoms with Crippen LogP contribution in [0.5, 0.6) is 0 Å². The van der Waals surface area contributed by atoms with Crippen molar-refractivity contribution in [2.24, 2.45) is 0 Å². The van der Waals surface area contributed by atoms with E-state index in [-0.39, 0.29) is 0 Å². The van der Waals surface area contributed by atoms with E-state index >= 15 is 0 Å². The van der Waals surface area contributed by atoms with Crippen LogP contribution in [-0.2, 0) is 0 Å². The summed E-state index contributed by atoms with van der Waals surface area (Å²) in [7, 11) is 0. The van der Waals surface area contributed by atoms with E-state index in [4.69, 9.17) is 23.8 Å². The molecule has 0 amide bonds. The highest BCUT2D eigenvalue weighted by atomic mass is 16.3. The lowest BCUT2D eigenvalue weighted by Crippen LogP contribution is -2.00. The van der Waals surface area contributed by atoms with E-state index < -0.39 is 0 Å². The van der Waals surface area contributed by atoms with Gasteiger partial charge in [-0.15, -0.1) is 0 Å². The summed E-state index contributed by atoms with van der Waals surface area (Å²) in [4.78, 5) is 15.5. The van der Waals surface area contributed by atoms with E-state index in [1.165, 1.54) is 0 Å². The Morgan fingerprint density at radius 2 is 0.852 bits per heavy atom. The molecule has 0 unspecified atom stereocenters. The molecule has 0 saturated heterocycles. The number of rotatable bonds is 5. The van der Waals surface area contributed by atoms with Gasteiger partial charge in [-0.3, -0.25) is 0 Å². The standard InChI is InChI=1S/C49H29N3O2/c1-3-11-30(12-4-1)31-19-21-33(22-20-31)48-50-47(32-13-5-2-6-14-32)51-49(52-48)41-27-37(36-23-24-43-39(25-36)38-17-9-10-18-42(38)53-43)29-45-46(41)40-26-34-15-7-8-16-35(34)28-44(40)54-45/h1-29H. The fourth-order valence-electron chi connectivity index (χ4n) is 7.62. The minimum Gasteiger partial charge on any atom is -0.456 e. The number of nitrogens with zero attached hydrogens (tertiary/aromatic N) is 3. The molecule has 0 fully saturated rings. The molecule has 11 aromatic rings. The molecule has 0 aliphatic rings. The molecule has 5 nitrogen and oxygen atoms in total. The van der Waals surface area contributed by atoms with Crippen LogP contribution >= 0.6 is 0 Å². The number of hydrogen-bond acceptors (Lipinski definition) is 5. The van der Waals surface area contributed by atoms with Gasteiger partial charge in [0.15, 0.2) is 17.5 Å². The molecular formula is C49H29N3O2. The highest BCUT2D eigenvalue weighted by molar-refractivity contribution is 6.16. The lowest BCUT2D eigenvalue weighted by molar-refractivity contribution is 0.669. The van der Waals surface area contributed by atoms with Crippen molar-refractivity contribution >= 4 is 54.6 Å².